The van der Waals surface area contributed by atoms with E-state index in [0.717, 1.165) is 12.0 Å². The Balaban J connectivity index is 2.69. The van der Waals surface area contributed by atoms with Gasteiger partial charge in [0.2, 0.25) is 0 Å². The van der Waals surface area contributed by atoms with Crippen molar-refractivity contribution in [3.05, 3.63) is 35.9 Å². The molecule has 0 spiro atoms. The highest BCUT2D eigenvalue weighted by Gasteiger charge is 2.25. The lowest BCUT2D eigenvalue weighted by Crippen LogP contribution is -2.50. The first-order valence-electron chi connectivity index (χ1n) is 9.81. The van der Waals surface area contributed by atoms with Gasteiger partial charge in [-0.3, -0.25) is 0 Å². The molecule has 0 fully saturated rings. The Kier molecular flexibility index (Phi) is 9.44. The summed E-state index contributed by atoms with van der Waals surface area (Å²) in [7, 11) is 0. The topological polar surface area (TPSA) is 94.4 Å². The van der Waals surface area contributed by atoms with Gasteiger partial charge in [0.15, 0.2) is 0 Å². The van der Waals surface area contributed by atoms with Crippen molar-refractivity contribution < 1.29 is 14.6 Å². The van der Waals surface area contributed by atoms with E-state index in [1.54, 1.807) is 20.8 Å². The summed E-state index contributed by atoms with van der Waals surface area (Å²) in [5.74, 6) is 0. The first-order chi connectivity index (χ1) is 13.0. The van der Waals surface area contributed by atoms with Gasteiger partial charge in [-0.1, -0.05) is 44.2 Å². The highest BCUT2D eigenvalue weighted by Crippen LogP contribution is 2.20. The van der Waals surface area contributed by atoms with Crippen LogP contribution in [0.4, 0.5) is 4.79 Å². The van der Waals surface area contributed by atoms with Crippen LogP contribution in [-0.4, -0.2) is 42.0 Å². The molecule has 1 aromatic carbocycles. The van der Waals surface area contributed by atoms with Crippen molar-refractivity contribution in [3.63, 3.8) is 0 Å². The molecule has 6 nitrogen and oxygen atoms in total. The molecule has 6 heteroatoms. The Morgan fingerprint density at radius 1 is 1.21 bits per heavy atom. The zero-order valence-corrected chi connectivity index (χ0v) is 17.8. The molecule has 156 valence electrons. The fourth-order valence-electron chi connectivity index (χ4n) is 2.79. The normalized spacial score (nSPS) is 14.0. The number of nitriles is 1. The molecule has 0 aliphatic carbocycles. The van der Waals surface area contributed by atoms with Crippen LogP contribution < -0.4 is 10.6 Å². The highest BCUT2D eigenvalue weighted by molar-refractivity contribution is 5.68. The number of nitrogens with one attached hydrogen (secondary N) is 2. The average Bonchev–Trinajstić information content (AvgIpc) is 2.58. The zero-order valence-electron chi connectivity index (χ0n) is 17.8. The number of alkyl carbamates (subject to hydrolysis) is 1. The minimum Gasteiger partial charge on any atom is -0.444 e. The van der Waals surface area contributed by atoms with Gasteiger partial charge in [0.25, 0.3) is 0 Å². The number of aliphatic hydroxyl groups is 1. The quantitative estimate of drug-likeness (QED) is 0.570. The number of rotatable bonds is 10. The summed E-state index contributed by atoms with van der Waals surface area (Å²) in [6, 6.07) is 11.4. The van der Waals surface area contributed by atoms with Crippen molar-refractivity contribution in [2.24, 2.45) is 5.41 Å². The van der Waals surface area contributed by atoms with Crippen molar-refractivity contribution in [1.29, 1.82) is 5.26 Å². The van der Waals surface area contributed by atoms with E-state index >= 15 is 0 Å². The van der Waals surface area contributed by atoms with Crippen LogP contribution in [0.1, 0.15) is 53.0 Å². The summed E-state index contributed by atoms with van der Waals surface area (Å²) in [5, 5.41) is 25.5. The van der Waals surface area contributed by atoms with Gasteiger partial charge in [-0.15, -0.1) is 0 Å². The maximum Gasteiger partial charge on any atom is 0.407 e. The highest BCUT2D eigenvalue weighted by atomic mass is 16.6. The maximum atomic E-state index is 12.2. The monoisotopic (exact) mass is 389 g/mol. The van der Waals surface area contributed by atoms with E-state index in [2.05, 4.69) is 30.6 Å². The molecule has 28 heavy (non-hydrogen) atoms. The summed E-state index contributed by atoms with van der Waals surface area (Å²) in [6.07, 6.45) is 0.478. The molecule has 1 rings (SSSR count). The molecule has 0 heterocycles. The molecule has 0 saturated heterocycles. The molecule has 0 saturated carbocycles. The number of carbonyl (C=O) groups is 1. The predicted octanol–water partition coefficient (Wildman–Crippen LogP) is 3.40. The molecule has 0 aromatic heterocycles. The molecular formula is C22H35N3O3. The number of hydrogen-bond donors (Lipinski definition) is 3. The molecule has 1 aromatic rings. The van der Waals surface area contributed by atoms with Crippen molar-refractivity contribution in [3.8, 4) is 6.07 Å². The van der Waals surface area contributed by atoms with Crippen molar-refractivity contribution in [1.82, 2.24) is 10.6 Å². The third kappa shape index (κ3) is 10.3. The molecule has 0 aliphatic heterocycles. The van der Waals surface area contributed by atoms with Crippen molar-refractivity contribution >= 4 is 6.09 Å². The largest absolute Gasteiger partial charge is 0.444 e. The van der Waals surface area contributed by atoms with Gasteiger partial charge in [-0.25, -0.2) is 4.79 Å². The minimum atomic E-state index is -0.778. The van der Waals surface area contributed by atoms with E-state index in [-0.39, 0.29) is 5.41 Å². The molecule has 1 amide bonds. The zero-order chi connectivity index (χ0) is 21.2. The predicted molar refractivity (Wildman–Crippen MR) is 111 cm³/mol. The number of amides is 1. The van der Waals surface area contributed by atoms with Crippen LogP contribution in [0.25, 0.3) is 0 Å². The van der Waals surface area contributed by atoms with Crippen LogP contribution >= 0.6 is 0 Å². The second kappa shape index (κ2) is 11.0. The molecule has 2 atom stereocenters. The van der Waals surface area contributed by atoms with Crippen LogP contribution in [0.3, 0.4) is 0 Å². The third-order valence-corrected chi connectivity index (χ3v) is 4.34. The van der Waals surface area contributed by atoms with Gasteiger partial charge in [-0.2, -0.15) is 5.26 Å². The fraction of sp³-hybridized carbons (Fsp3) is 0.636. The maximum absolute atomic E-state index is 12.2. The standard InChI is InChI=1S/C22H35N3O3/c1-21(2,3)28-20(27)25-18(14-17-10-7-6-8-11-17)19(26)15-24-16-22(4,5)12-9-13-23/h6-8,10-11,18-19,24,26H,9,12,14-16H2,1-5H3,(H,25,27). The van der Waals surface area contributed by atoms with Crippen LogP contribution in [0.15, 0.2) is 30.3 Å². The van der Waals surface area contributed by atoms with E-state index in [0.29, 0.717) is 25.9 Å². The number of ether oxygens (including phenoxy) is 1. The van der Waals surface area contributed by atoms with Gasteiger partial charge < -0.3 is 20.5 Å². The number of nitrogens with zero attached hydrogens (tertiary/aromatic N) is 1. The second-order valence-electron chi connectivity index (χ2n) is 8.96. The lowest BCUT2D eigenvalue weighted by molar-refractivity contribution is 0.0420. The first kappa shape index (κ1) is 23.9. The van der Waals surface area contributed by atoms with Gasteiger partial charge in [0, 0.05) is 19.5 Å². The lowest BCUT2D eigenvalue weighted by atomic mass is 9.88. The van der Waals surface area contributed by atoms with E-state index in [1.807, 2.05) is 30.3 Å². The molecule has 0 radical (unpaired) electrons. The van der Waals surface area contributed by atoms with E-state index in [1.165, 1.54) is 0 Å². The second-order valence-corrected chi connectivity index (χ2v) is 8.96. The van der Waals surface area contributed by atoms with Crippen LogP contribution in [-0.2, 0) is 11.2 Å². The van der Waals surface area contributed by atoms with E-state index < -0.39 is 23.8 Å². The molecular weight excluding hydrogens is 354 g/mol. The number of aliphatic hydroxyl groups excluding tert-OH is 1. The van der Waals surface area contributed by atoms with E-state index in [9.17, 15) is 9.90 Å². The summed E-state index contributed by atoms with van der Waals surface area (Å²) in [5.41, 5.74) is 0.384. The molecule has 0 aliphatic rings. The molecule has 2 unspecified atom stereocenters. The Labute approximate surface area is 169 Å². The molecule has 3 N–H and O–H groups in total. The summed E-state index contributed by atoms with van der Waals surface area (Å²) in [6.45, 7) is 10.6. The smallest absolute Gasteiger partial charge is 0.407 e. The Hall–Kier alpha value is -2.10. The Morgan fingerprint density at radius 3 is 2.43 bits per heavy atom. The van der Waals surface area contributed by atoms with Gasteiger partial charge in [0.05, 0.1) is 18.2 Å². The van der Waals surface area contributed by atoms with Crippen molar-refractivity contribution in [2.75, 3.05) is 13.1 Å². The summed E-state index contributed by atoms with van der Waals surface area (Å²) < 4.78 is 5.35. The number of benzene rings is 1. The van der Waals surface area contributed by atoms with Gasteiger partial charge in [-0.05, 0) is 44.6 Å². The first-order valence-corrected chi connectivity index (χ1v) is 9.81. The summed E-state index contributed by atoms with van der Waals surface area (Å²) >= 11 is 0. The van der Waals surface area contributed by atoms with E-state index in [4.69, 9.17) is 10.00 Å². The van der Waals surface area contributed by atoms with Crippen LogP contribution in [0, 0.1) is 16.7 Å². The van der Waals surface area contributed by atoms with Crippen LogP contribution in [0.2, 0.25) is 0 Å². The van der Waals surface area contributed by atoms with Gasteiger partial charge >= 0.3 is 6.09 Å². The molecule has 0 bridgehead atoms. The lowest BCUT2D eigenvalue weighted by Gasteiger charge is -2.29. The van der Waals surface area contributed by atoms with Crippen molar-refractivity contribution in [2.45, 2.75) is 71.6 Å². The third-order valence-electron chi connectivity index (χ3n) is 4.34. The Bertz CT molecular complexity index is 633. The minimum absolute atomic E-state index is 0.0387. The number of hydrogen-bond acceptors (Lipinski definition) is 5. The Morgan fingerprint density at radius 2 is 1.86 bits per heavy atom. The SMILES string of the molecule is CC(C)(CCC#N)CNCC(O)C(Cc1ccccc1)NC(=O)OC(C)(C)C. The number of carbonyl (C=O) groups excluding carboxylic acids is 1. The van der Waals surface area contributed by atoms with Crippen LogP contribution in [0.5, 0.6) is 0 Å². The van der Waals surface area contributed by atoms with Gasteiger partial charge in [0.1, 0.15) is 5.60 Å². The fourth-order valence-corrected chi connectivity index (χ4v) is 2.79. The summed E-state index contributed by atoms with van der Waals surface area (Å²) in [4.78, 5) is 12.2. The average molecular weight is 390 g/mol.